The maximum atomic E-state index is 12.7. The van der Waals surface area contributed by atoms with Gasteiger partial charge in [0.2, 0.25) is 0 Å². The van der Waals surface area contributed by atoms with Gasteiger partial charge in [-0.3, -0.25) is 14.6 Å². The fraction of sp³-hybridized carbons (Fsp3) is 0.154. The summed E-state index contributed by atoms with van der Waals surface area (Å²) < 4.78 is 0. The highest BCUT2D eigenvalue weighted by atomic mass is 35.5. The number of nitrogens with one attached hydrogen (secondary N) is 2. The predicted molar refractivity (Wildman–Crippen MR) is 133 cm³/mol. The van der Waals surface area contributed by atoms with Crippen LogP contribution in [0.5, 0.6) is 0 Å². The number of carbonyl (C=O) groups is 1. The summed E-state index contributed by atoms with van der Waals surface area (Å²) in [6.07, 6.45) is 4.41. The highest BCUT2D eigenvalue weighted by molar-refractivity contribution is 6.32. The Morgan fingerprint density at radius 3 is 2.53 bits per heavy atom. The van der Waals surface area contributed by atoms with Crippen LogP contribution in [0, 0.1) is 6.92 Å². The van der Waals surface area contributed by atoms with E-state index in [1.165, 1.54) is 0 Å². The second-order valence-corrected chi connectivity index (χ2v) is 8.42. The number of carbonyl (C=O) groups excluding carboxylic acids is 1. The van der Waals surface area contributed by atoms with Gasteiger partial charge in [0.25, 0.3) is 11.5 Å². The Morgan fingerprint density at radius 1 is 1.06 bits per heavy atom. The average molecular weight is 474 g/mol. The molecule has 172 valence electrons. The number of benzene rings is 1. The minimum Gasteiger partial charge on any atom is -0.382 e. The van der Waals surface area contributed by atoms with Crippen LogP contribution >= 0.6 is 11.6 Å². The summed E-state index contributed by atoms with van der Waals surface area (Å²) >= 11 is 6.05. The molecule has 0 bridgehead atoms. The van der Waals surface area contributed by atoms with Crippen molar-refractivity contribution in [3.05, 3.63) is 122 Å². The van der Waals surface area contributed by atoms with Crippen LogP contribution in [0.2, 0.25) is 5.02 Å². The van der Waals surface area contributed by atoms with E-state index < -0.39 is 0 Å². The van der Waals surface area contributed by atoms with Gasteiger partial charge in [-0.25, -0.2) is 4.98 Å². The van der Waals surface area contributed by atoms with Crippen molar-refractivity contribution >= 4 is 23.3 Å². The zero-order valence-electron chi connectivity index (χ0n) is 18.6. The number of hydrogen-bond acceptors (Lipinski definition) is 5. The van der Waals surface area contributed by atoms with Gasteiger partial charge in [0.15, 0.2) is 0 Å². The van der Waals surface area contributed by atoms with E-state index in [0.717, 1.165) is 33.6 Å². The maximum Gasteiger partial charge on any atom is 0.251 e. The standard InChI is InChI=1S/C26H24ClN5O2/c1-16-21(14-23(27)24(28)32-16)15-31-26(34)20-8-10-29-22(13-20)12-18-6-4-17(5-7-18)11-19-3-2-9-30-25(19)33/h2-10,13-14H,11-12,15H2,1H3,(H2,28,32)(H,30,33)(H,31,34). The highest BCUT2D eigenvalue weighted by Gasteiger charge is 2.10. The van der Waals surface area contributed by atoms with Crippen LogP contribution in [-0.2, 0) is 19.4 Å². The topological polar surface area (TPSA) is 114 Å². The quantitative estimate of drug-likeness (QED) is 0.377. The minimum atomic E-state index is -0.209. The molecular formula is C26H24ClN5O2. The van der Waals surface area contributed by atoms with Crippen molar-refractivity contribution in [2.24, 2.45) is 0 Å². The van der Waals surface area contributed by atoms with Gasteiger partial charge in [-0.05, 0) is 47.9 Å². The number of pyridine rings is 3. The van der Waals surface area contributed by atoms with Crippen molar-refractivity contribution in [2.45, 2.75) is 26.3 Å². The zero-order chi connectivity index (χ0) is 24.1. The van der Waals surface area contributed by atoms with Crippen molar-refractivity contribution < 1.29 is 4.79 Å². The molecule has 0 aliphatic carbocycles. The smallest absolute Gasteiger partial charge is 0.251 e. The molecule has 4 N–H and O–H groups in total. The molecule has 8 heteroatoms. The van der Waals surface area contributed by atoms with E-state index in [0.29, 0.717) is 30.0 Å². The van der Waals surface area contributed by atoms with Crippen molar-refractivity contribution in [1.82, 2.24) is 20.3 Å². The number of nitrogen functional groups attached to an aromatic ring is 1. The first-order valence-electron chi connectivity index (χ1n) is 10.8. The first kappa shape index (κ1) is 23.2. The van der Waals surface area contributed by atoms with E-state index in [9.17, 15) is 9.59 Å². The van der Waals surface area contributed by atoms with Crippen LogP contribution in [0.15, 0.2) is 71.8 Å². The molecule has 0 aliphatic rings. The largest absolute Gasteiger partial charge is 0.382 e. The second kappa shape index (κ2) is 10.3. The fourth-order valence-corrected chi connectivity index (χ4v) is 3.78. The maximum absolute atomic E-state index is 12.7. The molecular weight excluding hydrogens is 450 g/mol. The Morgan fingerprint density at radius 2 is 1.79 bits per heavy atom. The number of aryl methyl sites for hydroxylation is 1. The number of hydrogen-bond donors (Lipinski definition) is 3. The van der Waals surface area contributed by atoms with Gasteiger partial charge in [-0.15, -0.1) is 0 Å². The van der Waals surface area contributed by atoms with Gasteiger partial charge in [-0.2, -0.15) is 0 Å². The van der Waals surface area contributed by atoms with E-state index in [2.05, 4.69) is 20.3 Å². The molecule has 0 unspecified atom stereocenters. The Labute approximate surface area is 202 Å². The molecule has 7 nitrogen and oxygen atoms in total. The van der Waals surface area contributed by atoms with E-state index in [-0.39, 0.29) is 17.3 Å². The number of rotatable bonds is 7. The molecule has 0 radical (unpaired) electrons. The summed E-state index contributed by atoms with van der Waals surface area (Å²) in [5.74, 6) is 0.0641. The summed E-state index contributed by atoms with van der Waals surface area (Å²) in [7, 11) is 0. The Bertz CT molecular complexity index is 1380. The molecule has 3 heterocycles. The predicted octanol–water partition coefficient (Wildman–Crippen LogP) is 3.82. The van der Waals surface area contributed by atoms with E-state index in [1.54, 1.807) is 30.6 Å². The molecule has 3 aromatic heterocycles. The van der Waals surface area contributed by atoms with Crippen molar-refractivity contribution in [1.29, 1.82) is 0 Å². The van der Waals surface area contributed by atoms with E-state index in [1.807, 2.05) is 43.3 Å². The summed E-state index contributed by atoms with van der Waals surface area (Å²) in [6, 6.07) is 16.9. The minimum absolute atomic E-state index is 0.0724. The van der Waals surface area contributed by atoms with Crippen LogP contribution in [0.4, 0.5) is 5.82 Å². The normalized spacial score (nSPS) is 10.8. The molecule has 4 aromatic rings. The molecule has 1 amide bonds. The lowest BCUT2D eigenvalue weighted by molar-refractivity contribution is 0.0950. The number of halogens is 1. The van der Waals surface area contributed by atoms with Crippen LogP contribution in [0.25, 0.3) is 0 Å². The fourth-order valence-electron chi connectivity index (χ4n) is 3.61. The first-order valence-corrected chi connectivity index (χ1v) is 11.2. The monoisotopic (exact) mass is 473 g/mol. The molecule has 0 saturated heterocycles. The van der Waals surface area contributed by atoms with Crippen LogP contribution in [-0.4, -0.2) is 20.9 Å². The number of H-pyrrole nitrogens is 1. The molecule has 4 rings (SSSR count). The Kier molecular flexibility index (Phi) is 7.04. The van der Waals surface area contributed by atoms with Gasteiger partial charge in [0, 0.05) is 54.3 Å². The number of aromatic nitrogens is 3. The number of aromatic amines is 1. The van der Waals surface area contributed by atoms with Crippen LogP contribution < -0.4 is 16.6 Å². The Balaban J connectivity index is 1.39. The SMILES string of the molecule is Cc1nc(N)c(Cl)cc1CNC(=O)c1ccnc(Cc2ccc(Cc3ccc[nH]c3=O)cc2)c1. The van der Waals surface area contributed by atoms with Gasteiger partial charge in [-0.1, -0.05) is 41.9 Å². The van der Waals surface area contributed by atoms with Gasteiger partial charge >= 0.3 is 0 Å². The lowest BCUT2D eigenvalue weighted by Crippen LogP contribution is -2.23. The number of nitrogens with two attached hydrogens (primary N) is 1. The molecule has 1 aromatic carbocycles. The molecule has 0 spiro atoms. The van der Waals surface area contributed by atoms with Crippen LogP contribution in [0.3, 0.4) is 0 Å². The number of anilines is 1. The van der Waals surface area contributed by atoms with Crippen molar-refractivity contribution in [2.75, 3.05) is 5.73 Å². The van der Waals surface area contributed by atoms with Gasteiger partial charge < -0.3 is 16.0 Å². The summed E-state index contributed by atoms with van der Waals surface area (Å²) in [5, 5.41) is 3.26. The average Bonchev–Trinajstić information content (AvgIpc) is 2.83. The third-order valence-corrected chi connectivity index (χ3v) is 5.82. The lowest BCUT2D eigenvalue weighted by atomic mass is 10.0. The third-order valence-electron chi connectivity index (χ3n) is 5.52. The molecule has 0 saturated carbocycles. The molecule has 0 atom stereocenters. The lowest BCUT2D eigenvalue weighted by Gasteiger charge is -2.10. The molecule has 0 fully saturated rings. The second-order valence-electron chi connectivity index (χ2n) is 8.01. The van der Waals surface area contributed by atoms with Gasteiger partial charge in [0.05, 0.1) is 5.02 Å². The Hall–Kier alpha value is -3.97. The number of nitrogens with zero attached hydrogens (tertiary/aromatic N) is 2. The van der Waals surface area contributed by atoms with E-state index >= 15 is 0 Å². The molecule has 0 aliphatic heterocycles. The summed E-state index contributed by atoms with van der Waals surface area (Å²) in [5.41, 5.74) is 11.3. The first-order chi connectivity index (χ1) is 16.4. The number of amides is 1. The zero-order valence-corrected chi connectivity index (χ0v) is 19.4. The molecule has 34 heavy (non-hydrogen) atoms. The van der Waals surface area contributed by atoms with Gasteiger partial charge in [0.1, 0.15) is 5.82 Å². The summed E-state index contributed by atoms with van der Waals surface area (Å²) in [6.45, 7) is 2.11. The third kappa shape index (κ3) is 5.68. The van der Waals surface area contributed by atoms with Crippen molar-refractivity contribution in [3.8, 4) is 0 Å². The highest BCUT2D eigenvalue weighted by Crippen LogP contribution is 2.20. The van der Waals surface area contributed by atoms with E-state index in [4.69, 9.17) is 17.3 Å². The van der Waals surface area contributed by atoms with Crippen LogP contribution in [0.1, 0.15) is 44.0 Å². The van der Waals surface area contributed by atoms with Crippen molar-refractivity contribution in [3.63, 3.8) is 0 Å². The summed E-state index contributed by atoms with van der Waals surface area (Å²) in [4.78, 5) is 35.9.